The number of nitrogens with one attached hydrogen (secondary N) is 1. The fraction of sp³-hybridized carbons (Fsp3) is 0.389. The molecule has 0 radical (unpaired) electrons. The molecule has 23 heavy (non-hydrogen) atoms. The van der Waals surface area contributed by atoms with Gasteiger partial charge in [0.05, 0.1) is 0 Å². The maximum Gasteiger partial charge on any atom is 0.277 e. The van der Waals surface area contributed by atoms with E-state index in [1.165, 1.54) is 17.3 Å². The summed E-state index contributed by atoms with van der Waals surface area (Å²) in [4.78, 5) is -0.114. The summed E-state index contributed by atoms with van der Waals surface area (Å²) in [5, 5.41) is 11.4. The Labute approximate surface area is 139 Å². The standard InChI is InChI=1S/C18H23NO3S/c1-12(2)14-7-8-17(13(3)4)16(10-14)11-15-6-5-9-19(20)18(15)23(21)22/h5-10,12-13,19H,11H2,1-4H3. The van der Waals surface area contributed by atoms with Gasteiger partial charge in [0.15, 0.2) is 0 Å². The van der Waals surface area contributed by atoms with Crippen LogP contribution in [0.2, 0.25) is 0 Å². The second kappa shape index (κ2) is 7.25. The van der Waals surface area contributed by atoms with Crippen LogP contribution >= 0.6 is 0 Å². The Hall–Kier alpha value is -1.69. The number of hydrogen-bond donors (Lipinski definition) is 1. The van der Waals surface area contributed by atoms with E-state index in [0.717, 1.165) is 5.56 Å². The molecule has 0 aromatic heterocycles. The highest BCUT2D eigenvalue weighted by molar-refractivity contribution is 7.72. The van der Waals surface area contributed by atoms with Crippen LogP contribution in [0.1, 0.15) is 56.2 Å². The van der Waals surface area contributed by atoms with E-state index in [2.05, 4.69) is 45.9 Å². The first kappa shape index (κ1) is 17.7. The van der Waals surface area contributed by atoms with Gasteiger partial charge < -0.3 is 10.3 Å². The largest absolute Gasteiger partial charge is 0.623 e. The maximum absolute atomic E-state index is 11.9. The van der Waals surface area contributed by atoms with Crippen LogP contribution in [-0.2, 0) is 16.7 Å². The second-order valence-corrected chi connectivity index (χ2v) is 7.30. The van der Waals surface area contributed by atoms with Crippen LogP contribution in [0.15, 0.2) is 42.1 Å². The fourth-order valence-corrected chi connectivity index (χ4v) is 3.38. The lowest BCUT2D eigenvalue weighted by molar-refractivity contribution is -0.680. The Morgan fingerprint density at radius 1 is 1.13 bits per heavy atom. The Morgan fingerprint density at radius 2 is 1.83 bits per heavy atom. The molecule has 0 saturated carbocycles. The predicted octanol–water partition coefficient (Wildman–Crippen LogP) is 2.32. The van der Waals surface area contributed by atoms with Crippen molar-refractivity contribution in [1.82, 2.24) is 0 Å². The van der Waals surface area contributed by atoms with Gasteiger partial charge in [0, 0.05) is 12.0 Å². The number of quaternary nitrogens is 1. The molecule has 1 heterocycles. The van der Waals surface area contributed by atoms with Gasteiger partial charge in [0.1, 0.15) is 6.20 Å². The van der Waals surface area contributed by atoms with Crippen molar-refractivity contribution >= 4 is 15.3 Å². The highest BCUT2D eigenvalue weighted by Gasteiger charge is 2.21. The molecule has 0 aliphatic carbocycles. The Kier molecular flexibility index (Phi) is 5.57. The molecule has 0 saturated heterocycles. The van der Waals surface area contributed by atoms with E-state index in [-0.39, 0.29) is 4.99 Å². The zero-order valence-electron chi connectivity index (χ0n) is 14.0. The van der Waals surface area contributed by atoms with Gasteiger partial charge in [-0.15, -0.1) is 0 Å². The predicted molar refractivity (Wildman–Crippen MR) is 93.8 cm³/mol. The van der Waals surface area contributed by atoms with Crippen LogP contribution in [0.25, 0.3) is 0 Å². The van der Waals surface area contributed by atoms with E-state index in [4.69, 9.17) is 0 Å². The van der Waals surface area contributed by atoms with Crippen LogP contribution in [0, 0.1) is 5.21 Å². The molecule has 1 aliphatic rings. The third kappa shape index (κ3) is 3.99. The lowest BCUT2D eigenvalue weighted by Gasteiger charge is -2.23. The minimum Gasteiger partial charge on any atom is -0.623 e. The summed E-state index contributed by atoms with van der Waals surface area (Å²) < 4.78 is 22.9. The fourth-order valence-electron chi connectivity index (χ4n) is 2.80. The molecule has 0 amide bonds. The van der Waals surface area contributed by atoms with E-state index in [1.54, 1.807) is 12.2 Å². The molecule has 5 heteroatoms. The van der Waals surface area contributed by atoms with E-state index in [9.17, 15) is 13.6 Å². The minimum absolute atomic E-state index is 0.114. The first-order chi connectivity index (χ1) is 10.8. The van der Waals surface area contributed by atoms with Crippen molar-refractivity contribution in [1.29, 1.82) is 0 Å². The van der Waals surface area contributed by atoms with Crippen LogP contribution in [0.4, 0.5) is 0 Å². The summed E-state index contributed by atoms with van der Waals surface area (Å²) in [6.07, 6.45) is 5.09. The van der Waals surface area contributed by atoms with Crippen molar-refractivity contribution in [3.05, 3.63) is 64.0 Å². The van der Waals surface area contributed by atoms with Gasteiger partial charge in [-0.1, -0.05) is 45.9 Å². The van der Waals surface area contributed by atoms with Crippen molar-refractivity contribution in [2.24, 2.45) is 0 Å². The molecular formula is C18H23NO3S. The SMILES string of the molecule is CC(C)c1ccc(C(C)C)c(CC2=CC=C[NH+]([O-])C2=S(=O)=O)c1. The minimum atomic E-state index is -2.52. The van der Waals surface area contributed by atoms with E-state index >= 15 is 0 Å². The molecule has 0 fully saturated rings. The third-order valence-corrected chi connectivity index (χ3v) is 4.86. The molecule has 1 atom stereocenters. The zero-order valence-corrected chi connectivity index (χ0v) is 14.8. The summed E-state index contributed by atoms with van der Waals surface area (Å²) in [7, 11) is -2.52. The number of hydrogen-bond acceptors (Lipinski definition) is 3. The first-order valence-corrected chi connectivity index (χ1v) is 8.89. The van der Waals surface area contributed by atoms with E-state index in [1.807, 2.05) is 0 Å². The van der Waals surface area contributed by atoms with Gasteiger partial charge in [0.2, 0.25) is 0 Å². The third-order valence-electron chi connectivity index (χ3n) is 4.06. The summed E-state index contributed by atoms with van der Waals surface area (Å²) in [6.45, 7) is 8.49. The van der Waals surface area contributed by atoms with Gasteiger partial charge >= 0.3 is 0 Å². The average molecular weight is 333 g/mol. The summed E-state index contributed by atoms with van der Waals surface area (Å²) in [6, 6.07) is 6.37. The Bertz CT molecular complexity index is 778. The van der Waals surface area contributed by atoms with Gasteiger partial charge in [-0.05, 0) is 40.7 Å². The number of allylic oxidation sites excluding steroid dienone is 2. The first-order valence-electron chi connectivity index (χ1n) is 7.82. The maximum atomic E-state index is 11.9. The topological polar surface area (TPSA) is 61.6 Å². The van der Waals surface area contributed by atoms with Crippen molar-refractivity contribution < 1.29 is 13.5 Å². The number of benzene rings is 1. The molecule has 2 rings (SSSR count). The average Bonchev–Trinajstić information content (AvgIpc) is 2.46. The lowest BCUT2D eigenvalue weighted by Crippen LogP contribution is -3.06. The smallest absolute Gasteiger partial charge is 0.277 e. The van der Waals surface area contributed by atoms with Gasteiger partial charge in [-0.2, -0.15) is 8.42 Å². The molecule has 124 valence electrons. The van der Waals surface area contributed by atoms with Crippen LogP contribution < -0.4 is 5.06 Å². The van der Waals surface area contributed by atoms with E-state index < -0.39 is 15.4 Å². The Balaban J connectivity index is 2.50. The molecule has 1 N–H and O–H groups in total. The molecule has 1 aromatic carbocycles. The molecular weight excluding hydrogens is 310 g/mol. The quantitative estimate of drug-likeness (QED) is 0.679. The highest BCUT2D eigenvalue weighted by Crippen LogP contribution is 2.26. The normalized spacial score (nSPS) is 17.8. The molecule has 1 unspecified atom stereocenters. The Morgan fingerprint density at radius 3 is 2.39 bits per heavy atom. The summed E-state index contributed by atoms with van der Waals surface area (Å²) in [5.74, 6) is 0.733. The van der Waals surface area contributed by atoms with Gasteiger partial charge in [0.25, 0.3) is 15.3 Å². The van der Waals surface area contributed by atoms with Crippen LogP contribution in [0.5, 0.6) is 0 Å². The van der Waals surface area contributed by atoms with Crippen molar-refractivity contribution in [2.45, 2.75) is 46.0 Å². The van der Waals surface area contributed by atoms with Crippen LogP contribution in [0.3, 0.4) is 0 Å². The van der Waals surface area contributed by atoms with E-state index in [0.29, 0.717) is 23.8 Å². The molecule has 4 nitrogen and oxygen atoms in total. The molecule has 0 spiro atoms. The van der Waals surface area contributed by atoms with Gasteiger partial charge in [-0.25, -0.2) is 0 Å². The molecule has 1 aliphatic heterocycles. The van der Waals surface area contributed by atoms with Crippen molar-refractivity contribution in [2.75, 3.05) is 0 Å². The van der Waals surface area contributed by atoms with Crippen molar-refractivity contribution in [3.63, 3.8) is 0 Å². The lowest BCUT2D eigenvalue weighted by atomic mass is 9.88. The number of hydroxylamine groups is 2. The molecule has 1 aromatic rings. The van der Waals surface area contributed by atoms with Crippen molar-refractivity contribution in [3.8, 4) is 0 Å². The van der Waals surface area contributed by atoms with Crippen LogP contribution in [-0.4, -0.2) is 13.4 Å². The monoisotopic (exact) mass is 333 g/mol. The summed E-state index contributed by atoms with van der Waals surface area (Å²) >= 11 is 0. The van der Waals surface area contributed by atoms with Gasteiger partial charge in [-0.3, -0.25) is 0 Å². The second-order valence-electron chi connectivity index (χ2n) is 6.42. The number of rotatable bonds is 4. The molecule has 0 bridgehead atoms. The summed E-state index contributed by atoms with van der Waals surface area (Å²) in [5.41, 5.74) is 4.05. The zero-order chi connectivity index (χ0) is 17.1. The highest BCUT2D eigenvalue weighted by atomic mass is 32.2.